The third kappa shape index (κ3) is 7.03. The van der Waals surface area contributed by atoms with E-state index in [2.05, 4.69) is 27.5 Å². The SMILES string of the molecule is CNC(=O)N(C)CCC#Cc1ccc(OC(C)C)c(C(=O)N[C@@H](CO)Cc2c[nH]c3ccccc23)c1. The molecule has 0 spiro atoms. The average molecular weight is 491 g/mol. The first-order valence-electron chi connectivity index (χ1n) is 12.0. The number of carbonyl (C=O) groups is 2. The monoisotopic (exact) mass is 490 g/mol. The molecule has 0 radical (unpaired) electrons. The lowest BCUT2D eigenvalue weighted by atomic mass is 10.0. The molecule has 8 heteroatoms. The van der Waals surface area contributed by atoms with Crippen LogP contribution >= 0.6 is 0 Å². The number of nitrogens with one attached hydrogen (secondary N) is 3. The number of ether oxygens (including phenoxy) is 1. The summed E-state index contributed by atoms with van der Waals surface area (Å²) in [4.78, 5) is 29.6. The Morgan fingerprint density at radius 2 is 1.97 bits per heavy atom. The maximum Gasteiger partial charge on any atom is 0.316 e. The van der Waals surface area contributed by atoms with Crippen molar-refractivity contribution in [1.29, 1.82) is 0 Å². The largest absolute Gasteiger partial charge is 0.490 e. The normalized spacial score (nSPS) is 11.5. The first-order valence-corrected chi connectivity index (χ1v) is 12.0. The maximum atomic E-state index is 13.3. The molecule has 190 valence electrons. The molecule has 0 fully saturated rings. The van der Waals surface area contributed by atoms with Gasteiger partial charge in [0.05, 0.1) is 24.3 Å². The average Bonchev–Trinajstić information content (AvgIpc) is 3.28. The van der Waals surface area contributed by atoms with Crippen molar-refractivity contribution in [2.75, 3.05) is 27.2 Å². The van der Waals surface area contributed by atoms with Crippen LogP contribution < -0.4 is 15.4 Å². The molecule has 4 N–H and O–H groups in total. The second kappa shape index (κ2) is 12.7. The Balaban J connectivity index is 1.75. The Morgan fingerprint density at radius 1 is 1.19 bits per heavy atom. The Kier molecular flexibility index (Phi) is 9.37. The van der Waals surface area contributed by atoms with Crippen molar-refractivity contribution >= 4 is 22.8 Å². The number of aliphatic hydroxyl groups excluding tert-OH is 1. The van der Waals surface area contributed by atoms with E-state index < -0.39 is 6.04 Å². The van der Waals surface area contributed by atoms with Crippen molar-refractivity contribution < 1.29 is 19.4 Å². The van der Waals surface area contributed by atoms with Crippen molar-refractivity contribution in [3.05, 3.63) is 65.4 Å². The summed E-state index contributed by atoms with van der Waals surface area (Å²) in [5, 5.41) is 16.6. The number of benzene rings is 2. The lowest BCUT2D eigenvalue weighted by Gasteiger charge is -2.19. The number of H-pyrrole nitrogens is 1. The van der Waals surface area contributed by atoms with Crippen LogP contribution in [0, 0.1) is 11.8 Å². The lowest BCUT2D eigenvalue weighted by molar-refractivity contribution is 0.0910. The van der Waals surface area contributed by atoms with E-state index in [0.717, 1.165) is 16.5 Å². The fourth-order valence-electron chi connectivity index (χ4n) is 3.81. The number of hydrogen-bond donors (Lipinski definition) is 4. The molecule has 0 unspecified atom stereocenters. The van der Waals surface area contributed by atoms with Gasteiger partial charge in [-0.15, -0.1) is 0 Å². The molecule has 3 amide bonds. The zero-order chi connectivity index (χ0) is 26.1. The fraction of sp³-hybridized carbons (Fsp3) is 0.357. The van der Waals surface area contributed by atoms with Gasteiger partial charge in [-0.3, -0.25) is 4.79 Å². The third-order valence-electron chi connectivity index (χ3n) is 5.65. The summed E-state index contributed by atoms with van der Waals surface area (Å²) in [6, 6.07) is 12.5. The predicted octanol–water partition coefficient (Wildman–Crippen LogP) is 3.30. The van der Waals surface area contributed by atoms with Gasteiger partial charge in [-0.25, -0.2) is 4.79 Å². The highest BCUT2D eigenvalue weighted by molar-refractivity contribution is 5.97. The highest BCUT2D eigenvalue weighted by atomic mass is 16.5. The summed E-state index contributed by atoms with van der Waals surface area (Å²) in [7, 11) is 3.29. The molecular weight excluding hydrogens is 456 g/mol. The van der Waals surface area contributed by atoms with Crippen molar-refractivity contribution in [3.63, 3.8) is 0 Å². The third-order valence-corrected chi connectivity index (χ3v) is 5.65. The second-order valence-electron chi connectivity index (χ2n) is 8.82. The summed E-state index contributed by atoms with van der Waals surface area (Å²) in [6.07, 6.45) is 2.76. The van der Waals surface area contributed by atoms with Crippen LogP contribution in [-0.2, 0) is 6.42 Å². The standard InChI is InChI=1S/C28H34N4O4/c1-19(2)36-26-13-12-20(9-7-8-14-32(4)28(35)29-3)15-24(26)27(34)31-22(18-33)16-21-17-30-25-11-6-5-10-23(21)25/h5-6,10-13,15,17,19,22,30,33H,8,14,16,18H2,1-4H3,(H,29,35)(H,31,34)/t22-/m1/s1. The number of urea groups is 1. The minimum Gasteiger partial charge on any atom is -0.490 e. The number of fused-ring (bicyclic) bond motifs is 1. The predicted molar refractivity (Wildman–Crippen MR) is 141 cm³/mol. The molecule has 3 aromatic rings. The van der Waals surface area contributed by atoms with Gasteiger partial charge >= 0.3 is 6.03 Å². The van der Waals surface area contributed by atoms with Crippen LogP contribution in [0.2, 0.25) is 0 Å². The van der Waals surface area contributed by atoms with Gasteiger partial charge in [0.25, 0.3) is 5.91 Å². The number of hydrogen-bond acceptors (Lipinski definition) is 4. The van der Waals surface area contributed by atoms with Crippen molar-refractivity contribution in [2.45, 2.75) is 38.8 Å². The van der Waals surface area contributed by atoms with Crippen molar-refractivity contribution in [2.24, 2.45) is 0 Å². The molecule has 1 heterocycles. The van der Waals surface area contributed by atoms with E-state index in [1.807, 2.05) is 44.3 Å². The van der Waals surface area contributed by atoms with Crippen LogP contribution in [0.3, 0.4) is 0 Å². The number of amides is 3. The molecule has 2 aromatic carbocycles. The molecule has 3 rings (SSSR count). The van der Waals surface area contributed by atoms with Gasteiger partial charge < -0.3 is 30.4 Å². The molecule has 0 aliphatic rings. The topological polar surface area (TPSA) is 107 Å². The highest BCUT2D eigenvalue weighted by Crippen LogP contribution is 2.23. The lowest BCUT2D eigenvalue weighted by Crippen LogP contribution is -2.39. The molecule has 0 aliphatic carbocycles. The quantitative estimate of drug-likeness (QED) is 0.345. The van der Waals surface area contributed by atoms with Gasteiger partial charge in [0.2, 0.25) is 0 Å². The molecule has 36 heavy (non-hydrogen) atoms. The smallest absolute Gasteiger partial charge is 0.316 e. The van der Waals surface area contributed by atoms with Crippen molar-refractivity contribution in [3.8, 4) is 17.6 Å². The second-order valence-corrected chi connectivity index (χ2v) is 8.82. The van der Waals surface area contributed by atoms with Crippen LogP contribution in [0.25, 0.3) is 10.9 Å². The van der Waals surface area contributed by atoms with Crippen LogP contribution in [-0.4, -0.2) is 66.3 Å². The Labute approximate surface area is 212 Å². The zero-order valence-electron chi connectivity index (χ0n) is 21.2. The highest BCUT2D eigenvalue weighted by Gasteiger charge is 2.19. The van der Waals surface area contributed by atoms with Gasteiger partial charge in [0, 0.05) is 49.7 Å². The summed E-state index contributed by atoms with van der Waals surface area (Å²) >= 11 is 0. The van der Waals surface area contributed by atoms with E-state index in [9.17, 15) is 14.7 Å². The van der Waals surface area contributed by atoms with E-state index in [0.29, 0.717) is 36.3 Å². The molecule has 1 aromatic heterocycles. The van der Waals surface area contributed by atoms with Gasteiger partial charge in [0.15, 0.2) is 0 Å². The van der Waals surface area contributed by atoms with Crippen molar-refractivity contribution in [1.82, 2.24) is 20.5 Å². The number of nitrogens with zero attached hydrogens (tertiary/aromatic N) is 1. The Hall–Kier alpha value is -3.96. The van der Waals surface area contributed by atoms with Gasteiger partial charge in [-0.1, -0.05) is 30.0 Å². The van der Waals surface area contributed by atoms with E-state index in [4.69, 9.17) is 4.74 Å². The number of aliphatic hydroxyl groups is 1. The number of carbonyl (C=O) groups excluding carboxylic acids is 2. The summed E-state index contributed by atoms with van der Waals surface area (Å²) in [5.41, 5.74) is 3.05. The van der Waals surface area contributed by atoms with Crippen LogP contribution in [0.5, 0.6) is 5.75 Å². The molecular formula is C28H34N4O4. The molecule has 1 atom stereocenters. The van der Waals surface area contributed by atoms with Gasteiger partial charge in [-0.05, 0) is 50.1 Å². The number of aromatic amines is 1. The molecule has 0 saturated heterocycles. The van der Waals surface area contributed by atoms with E-state index in [1.54, 1.807) is 37.2 Å². The maximum absolute atomic E-state index is 13.3. The van der Waals surface area contributed by atoms with Crippen LogP contribution in [0.15, 0.2) is 48.7 Å². The Bertz CT molecular complexity index is 1260. The zero-order valence-corrected chi connectivity index (χ0v) is 21.2. The number of rotatable bonds is 9. The molecule has 0 aliphatic heterocycles. The minimum absolute atomic E-state index is 0.117. The van der Waals surface area contributed by atoms with E-state index in [1.165, 1.54) is 0 Å². The van der Waals surface area contributed by atoms with E-state index in [-0.39, 0.29) is 24.6 Å². The molecule has 8 nitrogen and oxygen atoms in total. The molecule has 0 bridgehead atoms. The van der Waals surface area contributed by atoms with Gasteiger partial charge in [-0.2, -0.15) is 0 Å². The van der Waals surface area contributed by atoms with Crippen LogP contribution in [0.1, 0.15) is 41.8 Å². The number of aromatic nitrogens is 1. The minimum atomic E-state index is -0.474. The molecule has 0 saturated carbocycles. The number of para-hydroxylation sites is 1. The fourth-order valence-corrected chi connectivity index (χ4v) is 3.81. The van der Waals surface area contributed by atoms with E-state index >= 15 is 0 Å². The summed E-state index contributed by atoms with van der Waals surface area (Å²) < 4.78 is 5.87. The van der Waals surface area contributed by atoms with Crippen LogP contribution in [0.4, 0.5) is 4.79 Å². The summed E-state index contributed by atoms with van der Waals surface area (Å²) in [5.74, 6) is 6.22. The first kappa shape index (κ1) is 26.6. The first-order chi connectivity index (χ1) is 17.3. The Morgan fingerprint density at radius 3 is 2.69 bits per heavy atom. The summed E-state index contributed by atoms with van der Waals surface area (Å²) in [6.45, 7) is 4.07. The van der Waals surface area contributed by atoms with Gasteiger partial charge in [0.1, 0.15) is 5.75 Å².